The molecule has 40 heavy (non-hydrogen) atoms. The molecule has 0 spiro atoms. The second kappa shape index (κ2) is 16.7. The first-order valence-corrected chi connectivity index (χ1v) is 14.9. The molecule has 1 saturated heterocycles. The molecule has 0 aliphatic carbocycles. The molecule has 1 aliphatic rings. The van der Waals surface area contributed by atoms with Crippen LogP contribution in [0.25, 0.3) is 11.2 Å². The predicted octanol–water partition coefficient (Wildman–Crippen LogP) is 2.72. The van der Waals surface area contributed by atoms with Crippen molar-refractivity contribution >= 4 is 28.7 Å². The summed E-state index contributed by atoms with van der Waals surface area (Å²) in [4.78, 5) is 37.9. The lowest BCUT2D eigenvalue weighted by Crippen LogP contribution is -2.40. The number of ketones is 1. The van der Waals surface area contributed by atoms with Crippen molar-refractivity contribution in [3.63, 3.8) is 0 Å². The molecule has 1 amide bonds. The van der Waals surface area contributed by atoms with Crippen LogP contribution in [0.1, 0.15) is 103 Å². The number of aliphatic hydroxyl groups is 2. The van der Waals surface area contributed by atoms with Crippen molar-refractivity contribution in [2.24, 2.45) is 11.5 Å². The number of nitrogens with two attached hydrogens (primary N) is 2. The second-order valence-electron chi connectivity index (χ2n) is 10.8. The molecule has 1 unspecified atom stereocenters. The van der Waals surface area contributed by atoms with Gasteiger partial charge in [0.2, 0.25) is 5.91 Å². The van der Waals surface area contributed by atoms with Crippen molar-refractivity contribution in [1.29, 1.82) is 0 Å². The Morgan fingerprint density at radius 1 is 1.07 bits per heavy atom. The number of nitrogens with zero attached hydrogens (tertiary/aromatic N) is 4. The largest absolute Gasteiger partial charge is 0.390 e. The second-order valence-corrected chi connectivity index (χ2v) is 10.8. The lowest BCUT2D eigenvalue weighted by Gasteiger charge is -2.20. The number of carbonyl (C=O) groups is 2. The lowest BCUT2D eigenvalue weighted by molar-refractivity contribution is -0.141. The highest BCUT2D eigenvalue weighted by molar-refractivity contribution is 5.99. The van der Waals surface area contributed by atoms with E-state index in [0.717, 1.165) is 25.7 Å². The van der Waals surface area contributed by atoms with Gasteiger partial charge in [-0.1, -0.05) is 64.7 Å². The van der Waals surface area contributed by atoms with Gasteiger partial charge in [0, 0.05) is 12.8 Å². The zero-order valence-corrected chi connectivity index (χ0v) is 23.7. The summed E-state index contributed by atoms with van der Waals surface area (Å²) >= 11 is 0. The topological polar surface area (TPSA) is 191 Å². The predicted molar refractivity (Wildman–Crippen MR) is 152 cm³/mol. The van der Waals surface area contributed by atoms with Gasteiger partial charge in [0.15, 0.2) is 22.8 Å². The normalized spacial score (nSPS) is 20.6. The van der Waals surface area contributed by atoms with E-state index < -0.39 is 30.6 Å². The maximum absolute atomic E-state index is 12.6. The highest BCUT2D eigenvalue weighted by Gasteiger charge is 2.42. The Balaban J connectivity index is 1.51. The van der Waals surface area contributed by atoms with Crippen molar-refractivity contribution < 1.29 is 24.5 Å². The Bertz CT molecular complexity index is 1060. The van der Waals surface area contributed by atoms with E-state index in [2.05, 4.69) is 27.2 Å². The first-order valence-electron chi connectivity index (χ1n) is 14.9. The molecule has 2 aromatic rings. The Hall–Kier alpha value is -2.51. The molecular formula is C28H47N7O5. The van der Waals surface area contributed by atoms with E-state index in [9.17, 15) is 19.8 Å². The fourth-order valence-corrected chi connectivity index (χ4v) is 5.08. The summed E-state index contributed by atoms with van der Waals surface area (Å²) in [5.74, 6) is -0.486. The maximum atomic E-state index is 12.6. The van der Waals surface area contributed by atoms with Gasteiger partial charge in [-0.15, -0.1) is 0 Å². The molecule has 0 bridgehead atoms. The quantitative estimate of drug-likeness (QED) is 0.159. The summed E-state index contributed by atoms with van der Waals surface area (Å²) in [6.07, 6.45) is 11.3. The van der Waals surface area contributed by atoms with E-state index in [4.69, 9.17) is 16.2 Å². The Kier molecular flexibility index (Phi) is 13.3. The number of imidazole rings is 1. The van der Waals surface area contributed by atoms with Gasteiger partial charge in [0.1, 0.15) is 24.8 Å². The number of aromatic nitrogens is 4. The Morgan fingerprint density at radius 3 is 2.48 bits per heavy atom. The molecule has 0 aromatic carbocycles. The van der Waals surface area contributed by atoms with E-state index in [1.54, 1.807) is 4.57 Å². The number of nitrogens with one attached hydrogen (secondary N) is 1. The number of anilines is 1. The lowest BCUT2D eigenvalue weighted by atomic mass is 9.99. The Labute approximate surface area is 236 Å². The number of hydrogen-bond acceptors (Lipinski definition) is 10. The van der Waals surface area contributed by atoms with Crippen LogP contribution >= 0.6 is 0 Å². The average molecular weight is 562 g/mol. The third kappa shape index (κ3) is 9.00. The molecule has 3 heterocycles. The van der Waals surface area contributed by atoms with E-state index in [1.807, 2.05) is 0 Å². The molecule has 3 rings (SSSR count). The third-order valence-corrected chi connectivity index (χ3v) is 7.52. The van der Waals surface area contributed by atoms with Crippen LogP contribution in [0.4, 0.5) is 5.82 Å². The number of Topliss-reactive ketones (excluding diaryl/α,β-unsaturated/α-hetero) is 1. The van der Waals surface area contributed by atoms with Crippen LogP contribution in [-0.2, 0) is 14.3 Å². The minimum absolute atomic E-state index is 0.149. The van der Waals surface area contributed by atoms with Crippen molar-refractivity contribution in [1.82, 2.24) is 19.5 Å². The Morgan fingerprint density at radius 2 is 1.77 bits per heavy atom. The van der Waals surface area contributed by atoms with Crippen molar-refractivity contribution in [3.8, 4) is 0 Å². The standard InChI is InChI=1S/C28H47N7O5/c1-2-3-4-5-6-7-8-9-10-14-20(36)24(38)25-21(37)16-22(40-25)35-18-33-23-26(31-17-32-27(23)35)34-28(39)19(30)13-11-12-15-29/h17-19,21-22,24-25,37-38H,2-16,29-30H2,1H3,(H,31,32,34,39)/t19-,21-,22+,24?,25-/m0/s1. The number of fused-ring (bicyclic) bond motifs is 1. The molecule has 0 radical (unpaired) electrons. The van der Waals surface area contributed by atoms with Gasteiger partial charge < -0.3 is 31.7 Å². The van der Waals surface area contributed by atoms with Gasteiger partial charge >= 0.3 is 0 Å². The van der Waals surface area contributed by atoms with Crippen LogP contribution in [0.3, 0.4) is 0 Å². The number of ether oxygens (including phenoxy) is 1. The minimum atomic E-state index is -1.41. The molecule has 1 aliphatic heterocycles. The minimum Gasteiger partial charge on any atom is -0.390 e. The van der Waals surface area contributed by atoms with Gasteiger partial charge in [-0.05, 0) is 25.8 Å². The maximum Gasteiger partial charge on any atom is 0.242 e. The van der Waals surface area contributed by atoms with Gasteiger partial charge in [0.25, 0.3) is 0 Å². The van der Waals surface area contributed by atoms with E-state index in [1.165, 1.54) is 51.2 Å². The molecule has 12 heteroatoms. The number of unbranched alkanes of at least 4 members (excludes halogenated alkanes) is 9. The smallest absolute Gasteiger partial charge is 0.242 e. The molecule has 1 fully saturated rings. The van der Waals surface area contributed by atoms with Gasteiger partial charge in [-0.2, -0.15) is 0 Å². The highest BCUT2D eigenvalue weighted by Crippen LogP contribution is 2.33. The van der Waals surface area contributed by atoms with E-state index in [0.29, 0.717) is 30.6 Å². The van der Waals surface area contributed by atoms with Gasteiger partial charge in [-0.25, -0.2) is 15.0 Å². The summed E-state index contributed by atoms with van der Waals surface area (Å²) in [7, 11) is 0. The summed E-state index contributed by atoms with van der Waals surface area (Å²) in [6.45, 7) is 2.75. The van der Waals surface area contributed by atoms with Crippen molar-refractivity contribution in [2.45, 2.75) is 127 Å². The first kappa shape index (κ1) is 32.0. The van der Waals surface area contributed by atoms with E-state index in [-0.39, 0.29) is 30.3 Å². The number of carbonyl (C=O) groups excluding carboxylic acids is 2. The highest BCUT2D eigenvalue weighted by atomic mass is 16.5. The monoisotopic (exact) mass is 561 g/mol. The van der Waals surface area contributed by atoms with Crippen LogP contribution in [0.15, 0.2) is 12.7 Å². The van der Waals surface area contributed by atoms with Gasteiger partial charge in [0.05, 0.1) is 18.5 Å². The zero-order valence-electron chi connectivity index (χ0n) is 23.7. The molecule has 2 aromatic heterocycles. The fourth-order valence-electron chi connectivity index (χ4n) is 5.08. The molecule has 224 valence electrons. The SMILES string of the molecule is CCCCCCCCCCCC(=O)C(O)[C@H]1O[C@@H](n2cnc3c(NC(=O)[C@@H](N)CCCCN)ncnc32)C[C@@H]1O. The van der Waals surface area contributed by atoms with Crippen LogP contribution in [0, 0.1) is 0 Å². The van der Waals surface area contributed by atoms with Crippen LogP contribution < -0.4 is 16.8 Å². The van der Waals surface area contributed by atoms with Crippen LogP contribution in [-0.4, -0.2) is 72.3 Å². The summed E-state index contributed by atoms with van der Waals surface area (Å²) in [5.41, 5.74) is 12.2. The van der Waals surface area contributed by atoms with E-state index >= 15 is 0 Å². The van der Waals surface area contributed by atoms with Crippen molar-refractivity contribution in [3.05, 3.63) is 12.7 Å². The summed E-state index contributed by atoms with van der Waals surface area (Å²) in [5, 5.41) is 24.0. The molecule has 0 saturated carbocycles. The third-order valence-electron chi connectivity index (χ3n) is 7.52. The number of aliphatic hydroxyl groups excluding tert-OH is 2. The summed E-state index contributed by atoms with van der Waals surface area (Å²) < 4.78 is 7.54. The van der Waals surface area contributed by atoms with Gasteiger partial charge in [-0.3, -0.25) is 14.2 Å². The number of rotatable bonds is 19. The zero-order chi connectivity index (χ0) is 28.9. The molecule has 5 atom stereocenters. The van der Waals surface area contributed by atoms with Crippen LogP contribution in [0.5, 0.6) is 0 Å². The molecule has 7 N–H and O–H groups in total. The summed E-state index contributed by atoms with van der Waals surface area (Å²) in [6, 6.07) is -0.706. The molecular weight excluding hydrogens is 514 g/mol. The number of amides is 1. The fraction of sp³-hybridized carbons (Fsp3) is 0.750. The average Bonchev–Trinajstić information content (AvgIpc) is 3.55. The number of hydrogen-bond donors (Lipinski definition) is 5. The van der Waals surface area contributed by atoms with Crippen LogP contribution in [0.2, 0.25) is 0 Å². The van der Waals surface area contributed by atoms with Crippen molar-refractivity contribution in [2.75, 3.05) is 11.9 Å². The first-order chi connectivity index (χ1) is 19.4. The molecule has 12 nitrogen and oxygen atoms in total.